The summed E-state index contributed by atoms with van der Waals surface area (Å²) in [6.07, 6.45) is 5.04. The summed E-state index contributed by atoms with van der Waals surface area (Å²) in [6, 6.07) is 13.1. The van der Waals surface area contributed by atoms with Crippen molar-refractivity contribution >= 4 is 34.5 Å². The van der Waals surface area contributed by atoms with Crippen molar-refractivity contribution in [2.45, 2.75) is 20.5 Å². The minimum atomic E-state index is 0.145. The van der Waals surface area contributed by atoms with E-state index in [0.717, 1.165) is 39.3 Å². The molecule has 0 aliphatic rings. The molecule has 0 amide bonds. The van der Waals surface area contributed by atoms with Gasteiger partial charge in [-0.05, 0) is 49.2 Å². The normalized spacial score (nSPS) is 11.7. The largest absolute Gasteiger partial charge is 0.387 e. The van der Waals surface area contributed by atoms with Crippen LogP contribution in [-0.4, -0.2) is 35.3 Å². The molecule has 0 saturated carbocycles. The number of halogens is 1. The maximum absolute atomic E-state index is 5.89. The maximum Gasteiger partial charge on any atom is 0.192 e. The van der Waals surface area contributed by atoms with Gasteiger partial charge in [-0.3, -0.25) is 4.57 Å². The molecule has 4 heterocycles. The summed E-state index contributed by atoms with van der Waals surface area (Å²) in [6.45, 7) is 4.25. The fraction of sp³-hybridized carbons (Fsp3) is 0.136. The molecular formula is C22H18ClN7O. The van der Waals surface area contributed by atoms with Gasteiger partial charge in [0.1, 0.15) is 12.1 Å². The predicted octanol–water partition coefficient (Wildman–Crippen LogP) is 4.28. The topological polar surface area (TPSA) is 82.5 Å². The van der Waals surface area contributed by atoms with E-state index in [-0.39, 0.29) is 6.61 Å². The molecule has 9 heteroatoms. The van der Waals surface area contributed by atoms with Crippen molar-refractivity contribution in [3.63, 3.8) is 0 Å². The molecule has 5 rings (SSSR count). The van der Waals surface area contributed by atoms with Crippen LogP contribution in [0.3, 0.4) is 0 Å². The van der Waals surface area contributed by atoms with Crippen LogP contribution in [0.2, 0.25) is 5.02 Å². The fourth-order valence-electron chi connectivity index (χ4n) is 3.47. The first-order valence-electron chi connectivity index (χ1n) is 9.66. The number of fused-ring (bicyclic) bond motifs is 3. The second kappa shape index (κ2) is 7.81. The first kappa shape index (κ1) is 19.2. The highest BCUT2D eigenvalue weighted by molar-refractivity contribution is 6.30. The maximum atomic E-state index is 5.89. The van der Waals surface area contributed by atoms with Crippen LogP contribution in [0, 0.1) is 13.8 Å². The van der Waals surface area contributed by atoms with Gasteiger partial charge < -0.3 is 4.84 Å². The Balaban J connectivity index is 1.46. The van der Waals surface area contributed by atoms with Gasteiger partial charge in [0.2, 0.25) is 0 Å². The number of aromatic nitrogens is 6. The van der Waals surface area contributed by atoms with Crippen LogP contribution in [0.15, 0.2) is 60.1 Å². The molecule has 4 aromatic heterocycles. The van der Waals surface area contributed by atoms with E-state index in [1.165, 1.54) is 0 Å². The Morgan fingerprint density at radius 1 is 1.06 bits per heavy atom. The van der Waals surface area contributed by atoms with Gasteiger partial charge in [0.15, 0.2) is 23.7 Å². The lowest BCUT2D eigenvalue weighted by Crippen LogP contribution is -2.01. The Labute approximate surface area is 182 Å². The highest BCUT2D eigenvalue weighted by Gasteiger charge is 2.19. The minimum absolute atomic E-state index is 0.145. The van der Waals surface area contributed by atoms with E-state index in [1.807, 2.05) is 41.8 Å². The van der Waals surface area contributed by atoms with Gasteiger partial charge in [0.25, 0.3) is 0 Å². The van der Waals surface area contributed by atoms with Gasteiger partial charge in [-0.15, -0.1) is 5.10 Å². The van der Waals surface area contributed by atoms with Crippen molar-refractivity contribution in [3.8, 4) is 5.82 Å². The summed E-state index contributed by atoms with van der Waals surface area (Å²) in [5.41, 5.74) is 4.55. The zero-order valence-electron chi connectivity index (χ0n) is 16.9. The molecule has 0 atom stereocenters. The van der Waals surface area contributed by atoms with Gasteiger partial charge in [-0.25, -0.2) is 19.5 Å². The predicted molar refractivity (Wildman–Crippen MR) is 119 cm³/mol. The van der Waals surface area contributed by atoms with E-state index < -0.39 is 0 Å². The van der Waals surface area contributed by atoms with Crippen molar-refractivity contribution < 1.29 is 4.84 Å². The number of pyridine rings is 1. The van der Waals surface area contributed by atoms with Crippen LogP contribution in [-0.2, 0) is 11.4 Å². The lowest BCUT2D eigenvalue weighted by Gasteiger charge is -2.05. The summed E-state index contributed by atoms with van der Waals surface area (Å²) < 4.78 is 3.70. The van der Waals surface area contributed by atoms with Crippen molar-refractivity contribution in [2.24, 2.45) is 5.16 Å². The van der Waals surface area contributed by atoms with Crippen LogP contribution in [0.4, 0.5) is 0 Å². The Kier molecular flexibility index (Phi) is 4.83. The van der Waals surface area contributed by atoms with Crippen LogP contribution >= 0.6 is 11.6 Å². The molecule has 0 bridgehead atoms. The van der Waals surface area contributed by atoms with E-state index in [9.17, 15) is 0 Å². The Bertz CT molecular complexity index is 1410. The number of aryl methyl sites for hydroxylation is 1. The van der Waals surface area contributed by atoms with Crippen molar-refractivity contribution in [1.82, 2.24) is 29.1 Å². The van der Waals surface area contributed by atoms with Crippen molar-refractivity contribution in [2.75, 3.05) is 0 Å². The van der Waals surface area contributed by atoms with E-state index in [2.05, 4.69) is 32.1 Å². The third kappa shape index (κ3) is 3.51. The average Bonchev–Trinajstić information content (AvgIpc) is 3.31. The molecule has 0 unspecified atom stereocenters. The molecule has 0 fully saturated rings. The monoisotopic (exact) mass is 431 g/mol. The number of oxime groups is 1. The molecule has 154 valence electrons. The molecule has 0 saturated heterocycles. The van der Waals surface area contributed by atoms with Gasteiger partial charge >= 0.3 is 0 Å². The quantitative estimate of drug-likeness (QED) is 0.306. The third-order valence-electron chi connectivity index (χ3n) is 5.10. The number of rotatable bonds is 5. The van der Waals surface area contributed by atoms with Crippen molar-refractivity contribution in [3.05, 3.63) is 82.7 Å². The first-order valence-corrected chi connectivity index (χ1v) is 10.0. The second-order valence-electron chi connectivity index (χ2n) is 7.03. The van der Waals surface area contributed by atoms with Gasteiger partial charge in [-0.1, -0.05) is 35.0 Å². The SMILES string of the molecule is Cc1c(C)n(-c2ccccn2)c2ncn3nc(CON=Cc4ccc(Cl)cc4)nc3c12. The molecule has 0 aliphatic carbocycles. The zero-order chi connectivity index (χ0) is 21.4. The second-order valence-corrected chi connectivity index (χ2v) is 7.47. The molecule has 0 aliphatic heterocycles. The lowest BCUT2D eigenvalue weighted by atomic mass is 10.2. The Hall–Kier alpha value is -3.78. The highest BCUT2D eigenvalue weighted by Crippen LogP contribution is 2.28. The lowest BCUT2D eigenvalue weighted by molar-refractivity contribution is 0.126. The molecule has 1 aromatic carbocycles. The summed E-state index contributed by atoms with van der Waals surface area (Å²) in [5, 5.41) is 10.1. The zero-order valence-corrected chi connectivity index (χ0v) is 17.7. The average molecular weight is 432 g/mol. The first-order chi connectivity index (χ1) is 15.1. The van der Waals surface area contributed by atoms with Gasteiger partial charge in [0.05, 0.1) is 11.6 Å². The number of hydrogen-bond acceptors (Lipinski definition) is 6. The summed E-state index contributed by atoms with van der Waals surface area (Å²) >= 11 is 5.89. The van der Waals surface area contributed by atoms with Gasteiger partial charge in [-0.2, -0.15) is 0 Å². The molecule has 0 radical (unpaired) electrons. The molecule has 31 heavy (non-hydrogen) atoms. The van der Waals surface area contributed by atoms with Gasteiger partial charge in [0, 0.05) is 16.9 Å². The van der Waals surface area contributed by atoms with E-state index in [4.69, 9.17) is 16.4 Å². The van der Waals surface area contributed by atoms with Crippen LogP contribution in [0.25, 0.3) is 22.5 Å². The molecule has 8 nitrogen and oxygen atoms in total. The molecular weight excluding hydrogens is 414 g/mol. The summed E-state index contributed by atoms with van der Waals surface area (Å²) in [7, 11) is 0. The van der Waals surface area contributed by atoms with Crippen LogP contribution in [0.1, 0.15) is 22.6 Å². The minimum Gasteiger partial charge on any atom is -0.387 e. The number of nitrogens with zero attached hydrogens (tertiary/aromatic N) is 7. The molecule has 0 spiro atoms. The Morgan fingerprint density at radius 2 is 1.90 bits per heavy atom. The highest BCUT2D eigenvalue weighted by atomic mass is 35.5. The standard InChI is InChI=1S/C22H18ClN7O/c1-14-15(2)30(19-5-3-4-10-24-19)21-20(14)22-27-18(28-29(22)13-25-21)12-31-26-11-16-6-8-17(23)9-7-16/h3-11,13H,12H2,1-2H3. The van der Waals surface area contributed by atoms with E-state index in [0.29, 0.717) is 10.8 Å². The van der Waals surface area contributed by atoms with Crippen molar-refractivity contribution in [1.29, 1.82) is 0 Å². The number of hydrogen-bond donors (Lipinski definition) is 0. The van der Waals surface area contributed by atoms with Crippen LogP contribution < -0.4 is 0 Å². The number of benzene rings is 1. The Morgan fingerprint density at radius 3 is 2.68 bits per heavy atom. The summed E-state index contributed by atoms with van der Waals surface area (Å²) in [5.74, 6) is 1.33. The molecule has 5 aromatic rings. The van der Waals surface area contributed by atoms with Crippen LogP contribution in [0.5, 0.6) is 0 Å². The molecule has 0 N–H and O–H groups in total. The van der Waals surface area contributed by atoms with E-state index in [1.54, 1.807) is 35.4 Å². The third-order valence-corrected chi connectivity index (χ3v) is 5.35. The summed E-state index contributed by atoms with van der Waals surface area (Å²) in [4.78, 5) is 19.2. The smallest absolute Gasteiger partial charge is 0.192 e. The van der Waals surface area contributed by atoms with E-state index >= 15 is 0 Å². The fourth-order valence-corrected chi connectivity index (χ4v) is 3.60.